The number of nitrogens with zero attached hydrogens (tertiary/aromatic N) is 1. The molecular weight excluding hydrogens is 361 g/mol. The highest BCUT2D eigenvalue weighted by atomic mass is 19.4. The molecule has 0 aliphatic carbocycles. The predicted octanol–water partition coefficient (Wildman–Crippen LogP) is 4.61. The highest BCUT2D eigenvalue weighted by Gasteiger charge is 2.30. The van der Waals surface area contributed by atoms with Crippen molar-refractivity contribution in [3.05, 3.63) is 65.4 Å². The zero-order valence-electron chi connectivity index (χ0n) is 14.4. The molecule has 0 unspecified atom stereocenters. The van der Waals surface area contributed by atoms with Crippen LogP contribution in [0, 0.1) is 0 Å². The minimum absolute atomic E-state index is 0.0609. The number of halogens is 3. The van der Waals surface area contributed by atoms with Crippen LogP contribution in [-0.2, 0) is 6.18 Å². The summed E-state index contributed by atoms with van der Waals surface area (Å²) >= 11 is 0. The van der Waals surface area contributed by atoms with Crippen LogP contribution in [0.25, 0.3) is 11.0 Å². The van der Waals surface area contributed by atoms with Crippen molar-refractivity contribution >= 4 is 22.6 Å². The highest BCUT2D eigenvalue weighted by Crippen LogP contribution is 2.29. The molecule has 1 heterocycles. The van der Waals surface area contributed by atoms with Crippen molar-refractivity contribution in [1.29, 1.82) is 0 Å². The van der Waals surface area contributed by atoms with Crippen molar-refractivity contribution in [1.82, 2.24) is 5.43 Å². The standard InChI is InChI=1S/C19H15F3N2O3/c1-11(16-10-13-4-3-5-15(26-2)17(13)27-16)23-24-18(25)12-6-8-14(9-7-12)19(20,21)22/h3-10H,1-2H3,(H,24,25)/b23-11+. The first-order valence-corrected chi connectivity index (χ1v) is 7.88. The summed E-state index contributed by atoms with van der Waals surface area (Å²) in [5.74, 6) is 0.374. The van der Waals surface area contributed by atoms with Crippen LogP contribution in [0.1, 0.15) is 28.6 Å². The topological polar surface area (TPSA) is 63.8 Å². The Morgan fingerprint density at radius 1 is 1.15 bits per heavy atom. The van der Waals surface area contributed by atoms with E-state index in [4.69, 9.17) is 9.15 Å². The number of nitrogens with one attached hydrogen (secondary N) is 1. The molecule has 0 radical (unpaired) electrons. The van der Waals surface area contributed by atoms with Crippen LogP contribution in [0.5, 0.6) is 5.75 Å². The molecule has 0 aliphatic rings. The molecule has 8 heteroatoms. The molecule has 0 saturated heterocycles. The SMILES string of the molecule is COc1cccc2cc(/C(C)=N/NC(=O)c3ccc(C(F)(F)F)cc3)oc12. The summed E-state index contributed by atoms with van der Waals surface area (Å²) in [6, 6.07) is 11.0. The van der Waals surface area contributed by atoms with Gasteiger partial charge in [0.25, 0.3) is 5.91 Å². The fourth-order valence-electron chi connectivity index (χ4n) is 2.44. The van der Waals surface area contributed by atoms with Crippen LogP contribution in [0.3, 0.4) is 0 Å². The number of furan rings is 1. The van der Waals surface area contributed by atoms with Gasteiger partial charge in [0.05, 0.1) is 12.7 Å². The number of amides is 1. The Kier molecular flexibility index (Phi) is 4.89. The maximum atomic E-state index is 12.6. The number of alkyl halides is 3. The third-order valence-electron chi connectivity index (χ3n) is 3.88. The van der Waals surface area contributed by atoms with Gasteiger partial charge in [0.1, 0.15) is 5.71 Å². The van der Waals surface area contributed by atoms with Crippen molar-refractivity contribution in [2.24, 2.45) is 5.10 Å². The lowest BCUT2D eigenvalue weighted by molar-refractivity contribution is -0.137. The number of benzene rings is 2. The summed E-state index contributed by atoms with van der Waals surface area (Å²) in [5.41, 5.74) is 2.49. The number of para-hydroxylation sites is 1. The Morgan fingerprint density at radius 3 is 2.48 bits per heavy atom. The average Bonchev–Trinajstić information content (AvgIpc) is 3.09. The Hall–Kier alpha value is -3.29. The number of carbonyl (C=O) groups excluding carboxylic acids is 1. The number of rotatable bonds is 4. The van der Waals surface area contributed by atoms with Crippen molar-refractivity contribution < 1.29 is 27.1 Å². The lowest BCUT2D eigenvalue weighted by Crippen LogP contribution is -2.19. The van der Waals surface area contributed by atoms with Crippen LogP contribution in [0.15, 0.2) is 58.0 Å². The molecule has 27 heavy (non-hydrogen) atoms. The Bertz CT molecular complexity index is 1010. The Labute approximate surface area is 152 Å². The van der Waals surface area contributed by atoms with Gasteiger partial charge in [0, 0.05) is 10.9 Å². The third kappa shape index (κ3) is 3.94. The number of hydrogen-bond acceptors (Lipinski definition) is 4. The molecule has 1 N–H and O–H groups in total. The van der Waals surface area contributed by atoms with Gasteiger partial charge < -0.3 is 9.15 Å². The van der Waals surface area contributed by atoms with Crippen molar-refractivity contribution in [2.45, 2.75) is 13.1 Å². The van der Waals surface area contributed by atoms with E-state index >= 15 is 0 Å². The van der Waals surface area contributed by atoms with Gasteiger partial charge in [-0.2, -0.15) is 18.3 Å². The second kappa shape index (κ2) is 7.14. The number of methoxy groups -OCH3 is 1. The van der Waals surface area contributed by atoms with Gasteiger partial charge >= 0.3 is 6.18 Å². The second-order valence-electron chi connectivity index (χ2n) is 5.70. The first-order chi connectivity index (χ1) is 12.8. The summed E-state index contributed by atoms with van der Waals surface area (Å²) in [6.45, 7) is 1.64. The third-order valence-corrected chi connectivity index (χ3v) is 3.88. The summed E-state index contributed by atoms with van der Waals surface area (Å²) in [7, 11) is 1.53. The van der Waals surface area contributed by atoms with E-state index < -0.39 is 17.6 Å². The number of fused-ring (bicyclic) bond motifs is 1. The lowest BCUT2D eigenvalue weighted by Gasteiger charge is -2.07. The quantitative estimate of drug-likeness (QED) is 0.534. The molecule has 5 nitrogen and oxygen atoms in total. The molecule has 2 aromatic carbocycles. The molecule has 0 fully saturated rings. The van der Waals surface area contributed by atoms with E-state index in [-0.39, 0.29) is 5.56 Å². The normalized spacial score (nSPS) is 12.3. The van der Waals surface area contributed by atoms with Gasteiger partial charge in [-0.15, -0.1) is 0 Å². The smallest absolute Gasteiger partial charge is 0.416 e. The van der Waals surface area contributed by atoms with E-state index in [0.29, 0.717) is 22.8 Å². The van der Waals surface area contributed by atoms with E-state index in [9.17, 15) is 18.0 Å². The molecular formula is C19H15F3N2O3. The van der Waals surface area contributed by atoms with Crippen LogP contribution >= 0.6 is 0 Å². The molecule has 0 saturated carbocycles. The molecule has 0 atom stereocenters. The molecule has 1 amide bonds. The van der Waals surface area contributed by atoms with E-state index in [0.717, 1.165) is 29.7 Å². The first-order valence-electron chi connectivity index (χ1n) is 7.88. The van der Waals surface area contributed by atoms with E-state index in [2.05, 4.69) is 10.5 Å². The summed E-state index contributed by atoms with van der Waals surface area (Å²) in [6.07, 6.45) is -4.45. The van der Waals surface area contributed by atoms with Gasteiger partial charge in [-0.05, 0) is 43.3 Å². The summed E-state index contributed by atoms with van der Waals surface area (Å²) in [5, 5.41) is 4.77. The number of hydrogen-bond donors (Lipinski definition) is 1. The van der Waals surface area contributed by atoms with E-state index in [1.165, 1.54) is 7.11 Å². The number of ether oxygens (including phenoxy) is 1. The zero-order chi connectivity index (χ0) is 19.6. The van der Waals surface area contributed by atoms with Gasteiger partial charge in [0.15, 0.2) is 17.1 Å². The molecule has 1 aromatic heterocycles. The molecule has 0 aliphatic heterocycles. The fraction of sp³-hybridized carbons (Fsp3) is 0.158. The average molecular weight is 376 g/mol. The van der Waals surface area contributed by atoms with Crippen LogP contribution in [0.4, 0.5) is 13.2 Å². The van der Waals surface area contributed by atoms with E-state index in [1.807, 2.05) is 12.1 Å². The highest BCUT2D eigenvalue weighted by molar-refractivity contribution is 6.02. The summed E-state index contributed by atoms with van der Waals surface area (Å²) < 4.78 is 48.6. The molecule has 3 aromatic rings. The zero-order valence-corrected chi connectivity index (χ0v) is 14.4. The largest absolute Gasteiger partial charge is 0.493 e. The van der Waals surface area contributed by atoms with Gasteiger partial charge in [0.2, 0.25) is 0 Å². The maximum Gasteiger partial charge on any atom is 0.416 e. The Balaban J connectivity index is 1.76. The molecule has 3 rings (SSSR count). The lowest BCUT2D eigenvalue weighted by atomic mass is 10.1. The number of carbonyl (C=O) groups is 1. The number of hydrazone groups is 1. The summed E-state index contributed by atoms with van der Waals surface area (Å²) in [4.78, 5) is 12.1. The molecule has 0 bridgehead atoms. The van der Waals surface area contributed by atoms with Gasteiger partial charge in [-0.3, -0.25) is 4.79 Å². The maximum absolute atomic E-state index is 12.6. The molecule has 140 valence electrons. The van der Waals surface area contributed by atoms with Crippen molar-refractivity contribution in [3.8, 4) is 5.75 Å². The predicted molar refractivity (Wildman–Crippen MR) is 93.9 cm³/mol. The second-order valence-corrected chi connectivity index (χ2v) is 5.70. The monoisotopic (exact) mass is 376 g/mol. The van der Waals surface area contributed by atoms with Gasteiger partial charge in [-0.25, -0.2) is 5.43 Å². The van der Waals surface area contributed by atoms with Crippen LogP contribution in [-0.4, -0.2) is 18.7 Å². The fourth-order valence-corrected chi connectivity index (χ4v) is 2.44. The minimum Gasteiger partial charge on any atom is -0.493 e. The van der Waals surface area contributed by atoms with Crippen molar-refractivity contribution in [2.75, 3.05) is 7.11 Å². The van der Waals surface area contributed by atoms with Gasteiger partial charge in [-0.1, -0.05) is 12.1 Å². The van der Waals surface area contributed by atoms with Crippen molar-refractivity contribution in [3.63, 3.8) is 0 Å². The van der Waals surface area contributed by atoms with Crippen LogP contribution < -0.4 is 10.2 Å². The first kappa shape index (κ1) is 18.5. The Morgan fingerprint density at radius 2 is 1.85 bits per heavy atom. The van der Waals surface area contributed by atoms with E-state index in [1.54, 1.807) is 19.1 Å². The van der Waals surface area contributed by atoms with Crippen LogP contribution in [0.2, 0.25) is 0 Å². The minimum atomic E-state index is -4.45. The molecule has 0 spiro atoms.